The molecular formula is C27H26N2O3. The monoisotopic (exact) mass is 426 g/mol. The van der Waals surface area contributed by atoms with Crippen LogP contribution in [0.4, 0.5) is 0 Å². The van der Waals surface area contributed by atoms with E-state index in [1.165, 1.54) is 11.1 Å². The van der Waals surface area contributed by atoms with Crippen LogP contribution in [0.3, 0.4) is 0 Å². The molecule has 0 unspecified atom stereocenters. The highest BCUT2D eigenvalue weighted by Crippen LogP contribution is 2.27. The molecule has 0 bridgehead atoms. The lowest BCUT2D eigenvalue weighted by Crippen LogP contribution is -2.32. The molecule has 0 saturated heterocycles. The number of ether oxygens (including phenoxy) is 1. The fraction of sp³-hybridized carbons (Fsp3) is 0.185. The molecule has 162 valence electrons. The van der Waals surface area contributed by atoms with Crippen LogP contribution in [-0.2, 0) is 24.4 Å². The van der Waals surface area contributed by atoms with E-state index in [0.717, 1.165) is 36.0 Å². The fourth-order valence-corrected chi connectivity index (χ4v) is 3.67. The van der Waals surface area contributed by atoms with E-state index in [2.05, 4.69) is 18.2 Å². The molecule has 1 amide bonds. The fourth-order valence-electron chi connectivity index (χ4n) is 3.67. The number of likely N-dealkylation sites (N-methyl/N-ethyl adjacent to an activating group) is 1. The minimum Gasteiger partial charge on any atom is -0.488 e. The van der Waals surface area contributed by atoms with Crippen LogP contribution < -0.4 is 4.74 Å². The molecule has 5 heteroatoms. The number of carbonyl (C=O) groups is 2. The van der Waals surface area contributed by atoms with Gasteiger partial charge in [-0.3, -0.25) is 9.59 Å². The van der Waals surface area contributed by atoms with Gasteiger partial charge in [0.25, 0.3) is 0 Å². The van der Waals surface area contributed by atoms with Crippen molar-refractivity contribution < 1.29 is 14.3 Å². The quantitative estimate of drug-likeness (QED) is 0.419. The largest absolute Gasteiger partial charge is 0.488 e. The molecule has 0 spiro atoms. The Bertz CT molecular complexity index is 1190. The van der Waals surface area contributed by atoms with E-state index in [4.69, 9.17) is 4.74 Å². The summed E-state index contributed by atoms with van der Waals surface area (Å²) in [5.41, 5.74) is 3.97. The SMILES string of the molecule is CN(CCc1ccccc1)C(=O)Cn1c(C=O)cc2ccccc21.c1ccc2c(c1)CO2. The van der Waals surface area contributed by atoms with E-state index in [1.807, 2.05) is 66.7 Å². The van der Waals surface area contributed by atoms with Crippen molar-refractivity contribution in [2.24, 2.45) is 0 Å². The van der Waals surface area contributed by atoms with Gasteiger partial charge in [0.05, 0.1) is 5.69 Å². The number of aromatic nitrogens is 1. The molecule has 5 nitrogen and oxygen atoms in total. The highest BCUT2D eigenvalue weighted by atomic mass is 16.5. The number of nitrogens with zero attached hydrogens (tertiary/aromatic N) is 2. The molecule has 2 heterocycles. The predicted octanol–water partition coefficient (Wildman–Crippen LogP) is 4.73. The lowest BCUT2D eigenvalue weighted by atomic mass is 10.1. The van der Waals surface area contributed by atoms with Crippen molar-refractivity contribution in [1.82, 2.24) is 9.47 Å². The molecule has 4 aromatic rings. The van der Waals surface area contributed by atoms with Gasteiger partial charge in [-0.05, 0) is 30.2 Å². The molecule has 0 radical (unpaired) electrons. The number of aldehydes is 1. The van der Waals surface area contributed by atoms with Gasteiger partial charge in [-0.2, -0.15) is 0 Å². The molecule has 3 aromatic carbocycles. The van der Waals surface area contributed by atoms with Crippen LogP contribution in [0, 0.1) is 0 Å². The van der Waals surface area contributed by atoms with Gasteiger partial charge < -0.3 is 14.2 Å². The number of carbonyl (C=O) groups excluding carboxylic acids is 2. The van der Waals surface area contributed by atoms with Gasteiger partial charge in [0, 0.05) is 30.1 Å². The predicted molar refractivity (Wildman–Crippen MR) is 126 cm³/mol. The summed E-state index contributed by atoms with van der Waals surface area (Å²) in [4.78, 5) is 25.6. The molecule has 5 rings (SSSR count). The molecule has 1 aromatic heterocycles. The van der Waals surface area contributed by atoms with Gasteiger partial charge in [-0.1, -0.05) is 66.7 Å². The van der Waals surface area contributed by atoms with Crippen LogP contribution in [0.25, 0.3) is 10.9 Å². The minimum absolute atomic E-state index is 0.00427. The van der Waals surface area contributed by atoms with Crippen LogP contribution >= 0.6 is 0 Å². The first kappa shape index (κ1) is 21.4. The molecule has 0 atom stereocenters. The molecule has 0 saturated carbocycles. The standard InChI is InChI=1S/C20H20N2O2.C7H6O/c1-21(12-11-16-7-3-2-4-8-16)20(24)14-22-18(15-23)13-17-9-5-6-10-19(17)22;1-2-4-7-6(3-1)5-8-7/h2-10,13,15H,11-12,14H2,1H3;1-4H,5H2. The maximum Gasteiger partial charge on any atom is 0.242 e. The summed E-state index contributed by atoms with van der Waals surface area (Å²) >= 11 is 0. The lowest BCUT2D eigenvalue weighted by Gasteiger charge is -2.18. The van der Waals surface area contributed by atoms with Crippen LogP contribution in [0.15, 0.2) is 84.9 Å². The number of para-hydroxylation sites is 2. The zero-order chi connectivity index (χ0) is 22.3. The maximum absolute atomic E-state index is 12.5. The number of hydrogen-bond acceptors (Lipinski definition) is 3. The first-order valence-electron chi connectivity index (χ1n) is 10.7. The topological polar surface area (TPSA) is 51.5 Å². The average Bonchev–Trinajstić information content (AvgIpc) is 3.17. The summed E-state index contributed by atoms with van der Waals surface area (Å²) in [7, 11) is 1.80. The summed E-state index contributed by atoms with van der Waals surface area (Å²) in [6.45, 7) is 1.63. The zero-order valence-electron chi connectivity index (χ0n) is 18.1. The van der Waals surface area contributed by atoms with Gasteiger partial charge in [-0.15, -0.1) is 0 Å². The smallest absolute Gasteiger partial charge is 0.242 e. The summed E-state index contributed by atoms with van der Waals surface area (Å²) in [5, 5.41) is 0.972. The van der Waals surface area contributed by atoms with Crippen LogP contribution in [0.2, 0.25) is 0 Å². The Morgan fingerprint density at radius 2 is 1.72 bits per heavy atom. The van der Waals surface area contributed by atoms with E-state index in [9.17, 15) is 9.59 Å². The van der Waals surface area contributed by atoms with E-state index in [0.29, 0.717) is 12.2 Å². The normalized spacial score (nSPS) is 11.4. The third-order valence-electron chi connectivity index (χ3n) is 5.62. The Morgan fingerprint density at radius 3 is 2.38 bits per heavy atom. The number of benzene rings is 3. The molecular weight excluding hydrogens is 400 g/mol. The van der Waals surface area contributed by atoms with Crippen LogP contribution in [0.1, 0.15) is 21.6 Å². The summed E-state index contributed by atoms with van der Waals surface area (Å²) in [5.74, 6) is 1.04. The van der Waals surface area contributed by atoms with Crippen molar-refractivity contribution in [1.29, 1.82) is 0 Å². The number of fused-ring (bicyclic) bond motifs is 2. The van der Waals surface area contributed by atoms with Crippen LogP contribution in [0.5, 0.6) is 5.75 Å². The Labute approximate surface area is 187 Å². The van der Waals surface area contributed by atoms with Gasteiger partial charge >= 0.3 is 0 Å². The molecule has 1 aliphatic heterocycles. The van der Waals surface area contributed by atoms with Crippen molar-refractivity contribution >= 4 is 23.1 Å². The van der Waals surface area contributed by atoms with Gasteiger partial charge in [0.15, 0.2) is 6.29 Å². The molecule has 0 aliphatic carbocycles. The van der Waals surface area contributed by atoms with E-state index < -0.39 is 0 Å². The van der Waals surface area contributed by atoms with Crippen molar-refractivity contribution in [3.63, 3.8) is 0 Å². The van der Waals surface area contributed by atoms with Crippen molar-refractivity contribution in [3.05, 3.63) is 102 Å². The zero-order valence-corrected chi connectivity index (χ0v) is 18.1. The second-order valence-electron chi connectivity index (χ2n) is 7.78. The van der Waals surface area contributed by atoms with E-state index in [-0.39, 0.29) is 12.5 Å². The van der Waals surface area contributed by atoms with Gasteiger partial charge in [0.1, 0.15) is 18.9 Å². The third-order valence-corrected chi connectivity index (χ3v) is 5.62. The van der Waals surface area contributed by atoms with Crippen LogP contribution in [-0.4, -0.2) is 35.3 Å². The molecule has 0 N–H and O–H groups in total. The van der Waals surface area contributed by atoms with Gasteiger partial charge in [0.2, 0.25) is 5.91 Å². The minimum atomic E-state index is -0.00427. The number of amides is 1. The Morgan fingerprint density at radius 1 is 1.00 bits per heavy atom. The number of rotatable bonds is 6. The molecule has 1 aliphatic rings. The molecule has 32 heavy (non-hydrogen) atoms. The summed E-state index contributed by atoms with van der Waals surface area (Å²) in [6.07, 6.45) is 1.62. The van der Waals surface area contributed by atoms with Gasteiger partial charge in [-0.25, -0.2) is 0 Å². The second-order valence-corrected chi connectivity index (χ2v) is 7.78. The number of hydrogen-bond donors (Lipinski definition) is 0. The Kier molecular flexibility index (Phi) is 6.66. The highest BCUT2D eigenvalue weighted by Gasteiger charge is 2.14. The summed E-state index contributed by atoms with van der Waals surface area (Å²) in [6, 6.07) is 27.7. The Hall–Kier alpha value is -3.86. The molecule has 0 fully saturated rings. The van der Waals surface area contributed by atoms with E-state index >= 15 is 0 Å². The Balaban J connectivity index is 0.000000254. The first-order valence-corrected chi connectivity index (χ1v) is 10.7. The maximum atomic E-state index is 12.5. The highest BCUT2D eigenvalue weighted by molar-refractivity contribution is 5.90. The first-order chi connectivity index (χ1) is 15.7. The second kappa shape index (κ2) is 9.96. The van der Waals surface area contributed by atoms with E-state index in [1.54, 1.807) is 16.5 Å². The summed E-state index contributed by atoms with van der Waals surface area (Å²) < 4.78 is 6.86. The third kappa shape index (κ3) is 4.89. The average molecular weight is 427 g/mol. The lowest BCUT2D eigenvalue weighted by molar-refractivity contribution is -0.130. The van der Waals surface area contributed by atoms with Crippen molar-refractivity contribution in [2.45, 2.75) is 19.6 Å². The van der Waals surface area contributed by atoms with Crippen molar-refractivity contribution in [2.75, 3.05) is 13.6 Å². The van der Waals surface area contributed by atoms with Crippen molar-refractivity contribution in [3.8, 4) is 5.75 Å².